The molecule has 1 aliphatic heterocycles. The van der Waals surface area contributed by atoms with E-state index in [1.54, 1.807) is 12.1 Å². The van der Waals surface area contributed by atoms with Crippen LogP contribution >= 0.6 is 0 Å². The molecule has 1 aliphatic carbocycles. The summed E-state index contributed by atoms with van der Waals surface area (Å²) in [5, 5.41) is 3.66. The van der Waals surface area contributed by atoms with Crippen molar-refractivity contribution in [3.05, 3.63) is 65.0 Å². The lowest BCUT2D eigenvalue weighted by Crippen LogP contribution is -2.26. The van der Waals surface area contributed by atoms with E-state index in [0.717, 1.165) is 24.2 Å². The van der Waals surface area contributed by atoms with Crippen LogP contribution in [0.15, 0.2) is 42.5 Å². The van der Waals surface area contributed by atoms with E-state index < -0.39 is 0 Å². The van der Waals surface area contributed by atoms with Gasteiger partial charge in [0.05, 0.1) is 6.04 Å². The number of halogens is 1. The Morgan fingerprint density at radius 2 is 1.95 bits per heavy atom. The van der Waals surface area contributed by atoms with Gasteiger partial charge < -0.3 is 10.1 Å². The van der Waals surface area contributed by atoms with E-state index in [1.165, 1.54) is 11.1 Å². The third kappa shape index (κ3) is 1.90. The monoisotopic (exact) mass is 269 g/mol. The Morgan fingerprint density at radius 1 is 1.05 bits per heavy atom. The summed E-state index contributed by atoms with van der Waals surface area (Å²) >= 11 is 0. The summed E-state index contributed by atoms with van der Waals surface area (Å²) in [7, 11) is 0. The molecule has 0 saturated heterocycles. The van der Waals surface area contributed by atoms with E-state index in [0.29, 0.717) is 12.6 Å². The van der Waals surface area contributed by atoms with Crippen LogP contribution < -0.4 is 10.1 Å². The van der Waals surface area contributed by atoms with Crippen molar-refractivity contribution in [3.63, 3.8) is 0 Å². The Kier molecular flexibility index (Phi) is 2.74. The second kappa shape index (κ2) is 4.60. The van der Waals surface area contributed by atoms with Crippen LogP contribution in [0.25, 0.3) is 0 Å². The van der Waals surface area contributed by atoms with Gasteiger partial charge >= 0.3 is 0 Å². The Labute approximate surface area is 117 Å². The minimum atomic E-state index is -0.140. The summed E-state index contributed by atoms with van der Waals surface area (Å²) in [6, 6.07) is 13.8. The molecular weight excluding hydrogens is 253 g/mol. The first-order valence-electron chi connectivity index (χ1n) is 7.07. The number of fused-ring (bicyclic) bond motifs is 2. The summed E-state index contributed by atoms with van der Waals surface area (Å²) in [5.74, 6) is 0.835. The van der Waals surface area contributed by atoms with E-state index in [9.17, 15) is 4.39 Å². The molecule has 2 aromatic carbocycles. The van der Waals surface area contributed by atoms with E-state index in [2.05, 4.69) is 11.4 Å². The van der Waals surface area contributed by atoms with Crippen LogP contribution in [0.3, 0.4) is 0 Å². The number of aryl methyl sites for hydroxylation is 1. The molecule has 2 atom stereocenters. The Balaban J connectivity index is 1.58. The van der Waals surface area contributed by atoms with Gasteiger partial charge in [-0.15, -0.1) is 0 Å². The van der Waals surface area contributed by atoms with Crippen molar-refractivity contribution in [1.82, 2.24) is 5.32 Å². The van der Waals surface area contributed by atoms with Crippen LogP contribution in [0.1, 0.15) is 35.2 Å². The molecule has 0 spiro atoms. The highest BCUT2D eigenvalue weighted by Gasteiger charge is 2.29. The molecule has 2 nitrogen and oxygen atoms in total. The first-order valence-corrected chi connectivity index (χ1v) is 7.07. The zero-order valence-corrected chi connectivity index (χ0v) is 11.1. The molecule has 0 saturated carbocycles. The number of hydrogen-bond donors (Lipinski definition) is 1. The summed E-state index contributed by atoms with van der Waals surface area (Å²) in [6.45, 7) is 0.673. The summed E-state index contributed by atoms with van der Waals surface area (Å²) in [6.07, 6.45) is 1.97. The number of rotatable bonds is 2. The van der Waals surface area contributed by atoms with Crippen LogP contribution in [0.2, 0.25) is 0 Å². The normalized spacial score (nSPS) is 23.2. The van der Waals surface area contributed by atoms with E-state index >= 15 is 0 Å². The molecule has 0 fully saturated rings. The minimum absolute atomic E-state index is 0.140. The van der Waals surface area contributed by atoms with Crippen molar-refractivity contribution in [2.75, 3.05) is 6.61 Å². The van der Waals surface area contributed by atoms with Gasteiger partial charge in [-0.25, -0.2) is 4.39 Å². The smallest absolute Gasteiger partial charge is 0.124 e. The predicted molar refractivity (Wildman–Crippen MR) is 75.3 cm³/mol. The lowest BCUT2D eigenvalue weighted by atomic mass is 10.0. The molecule has 0 aromatic heterocycles. The van der Waals surface area contributed by atoms with Crippen LogP contribution in [-0.2, 0) is 6.42 Å². The molecular formula is C17H16FNO. The fraction of sp³-hybridized carbons (Fsp3) is 0.294. The molecule has 2 unspecified atom stereocenters. The fourth-order valence-corrected chi connectivity index (χ4v) is 3.30. The lowest BCUT2D eigenvalue weighted by molar-refractivity contribution is 0.297. The molecule has 102 valence electrons. The number of para-hydroxylation sites is 1. The first kappa shape index (κ1) is 11.9. The second-order valence-corrected chi connectivity index (χ2v) is 5.50. The lowest BCUT2D eigenvalue weighted by Gasteiger charge is -2.19. The average molecular weight is 269 g/mol. The molecule has 2 aliphatic rings. The quantitative estimate of drug-likeness (QED) is 0.900. The Bertz CT molecular complexity index is 655. The first-order chi connectivity index (χ1) is 9.81. The van der Waals surface area contributed by atoms with E-state index in [4.69, 9.17) is 4.74 Å². The molecule has 20 heavy (non-hydrogen) atoms. The van der Waals surface area contributed by atoms with Crippen LogP contribution in [0.4, 0.5) is 4.39 Å². The maximum atomic E-state index is 13.3. The molecule has 1 heterocycles. The summed E-state index contributed by atoms with van der Waals surface area (Å²) in [4.78, 5) is 0. The van der Waals surface area contributed by atoms with Crippen molar-refractivity contribution >= 4 is 0 Å². The Morgan fingerprint density at radius 3 is 2.90 bits per heavy atom. The van der Waals surface area contributed by atoms with Gasteiger partial charge in [0, 0.05) is 11.6 Å². The molecule has 4 rings (SSSR count). The minimum Gasteiger partial charge on any atom is -0.491 e. The summed E-state index contributed by atoms with van der Waals surface area (Å²) < 4.78 is 19.0. The molecule has 0 bridgehead atoms. The predicted octanol–water partition coefficient (Wildman–Crippen LogP) is 3.54. The van der Waals surface area contributed by atoms with Gasteiger partial charge in [0.2, 0.25) is 0 Å². The van der Waals surface area contributed by atoms with Crippen molar-refractivity contribution < 1.29 is 9.13 Å². The van der Waals surface area contributed by atoms with Gasteiger partial charge in [-0.2, -0.15) is 0 Å². The number of hydrogen-bond acceptors (Lipinski definition) is 2. The summed E-state index contributed by atoms with van der Waals surface area (Å²) in [5.41, 5.74) is 3.59. The third-order valence-corrected chi connectivity index (χ3v) is 4.29. The zero-order chi connectivity index (χ0) is 13.5. The maximum Gasteiger partial charge on any atom is 0.124 e. The molecule has 0 amide bonds. The van der Waals surface area contributed by atoms with E-state index in [1.807, 2.05) is 24.3 Å². The van der Waals surface area contributed by atoms with Crippen molar-refractivity contribution in [1.29, 1.82) is 0 Å². The standard InChI is InChI=1S/C17H16FNO/c18-12-6-7-13-11(9-12)5-8-15(13)19-16-10-20-17-4-2-1-3-14(16)17/h1-4,6-7,9,15-16,19H,5,8,10H2. The zero-order valence-electron chi connectivity index (χ0n) is 11.1. The molecule has 2 aromatic rings. The SMILES string of the molecule is Fc1ccc2c(c1)CCC2NC1COc2ccccc21. The molecule has 1 N–H and O–H groups in total. The van der Waals surface area contributed by atoms with Gasteiger partial charge in [-0.1, -0.05) is 24.3 Å². The van der Waals surface area contributed by atoms with Crippen molar-refractivity contribution in [2.45, 2.75) is 24.9 Å². The third-order valence-electron chi connectivity index (χ3n) is 4.29. The van der Waals surface area contributed by atoms with Crippen LogP contribution in [0, 0.1) is 5.82 Å². The van der Waals surface area contributed by atoms with Crippen LogP contribution in [-0.4, -0.2) is 6.61 Å². The Hall–Kier alpha value is -1.87. The molecule has 3 heteroatoms. The van der Waals surface area contributed by atoms with Crippen LogP contribution in [0.5, 0.6) is 5.75 Å². The van der Waals surface area contributed by atoms with E-state index in [-0.39, 0.29) is 11.9 Å². The largest absolute Gasteiger partial charge is 0.491 e. The van der Waals surface area contributed by atoms with Gasteiger partial charge in [-0.3, -0.25) is 0 Å². The highest BCUT2D eigenvalue weighted by molar-refractivity contribution is 5.40. The average Bonchev–Trinajstić information content (AvgIpc) is 3.04. The highest BCUT2D eigenvalue weighted by Crippen LogP contribution is 2.37. The number of ether oxygens (including phenoxy) is 1. The van der Waals surface area contributed by atoms with Gasteiger partial charge in [-0.05, 0) is 42.2 Å². The van der Waals surface area contributed by atoms with Gasteiger partial charge in [0.1, 0.15) is 18.2 Å². The number of nitrogens with one attached hydrogen (secondary N) is 1. The number of benzene rings is 2. The van der Waals surface area contributed by atoms with Crippen molar-refractivity contribution in [3.8, 4) is 5.75 Å². The highest BCUT2D eigenvalue weighted by atomic mass is 19.1. The van der Waals surface area contributed by atoms with Gasteiger partial charge in [0.15, 0.2) is 0 Å². The topological polar surface area (TPSA) is 21.3 Å². The second-order valence-electron chi connectivity index (χ2n) is 5.50. The van der Waals surface area contributed by atoms with Crippen molar-refractivity contribution in [2.24, 2.45) is 0 Å². The molecule has 0 radical (unpaired) electrons. The fourth-order valence-electron chi connectivity index (χ4n) is 3.30. The van der Waals surface area contributed by atoms with Gasteiger partial charge in [0.25, 0.3) is 0 Å². The maximum absolute atomic E-state index is 13.3.